The molecule has 3 nitrogen and oxygen atoms in total. The highest BCUT2D eigenvalue weighted by atomic mass is 35.5. The Morgan fingerprint density at radius 1 is 1.47 bits per heavy atom. The fourth-order valence-electron chi connectivity index (χ4n) is 1.28. The zero-order chi connectivity index (χ0) is 11.6. The molecule has 0 radical (unpaired) electrons. The Labute approximate surface area is 97.2 Å². The lowest BCUT2D eigenvalue weighted by Crippen LogP contribution is -2.35. The van der Waals surface area contributed by atoms with Crippen LogP contribution in [0.4, 0.5) is 0 Å². The molecule has 0 aromatic heterocycles. The first kappa shape index (κ1) is 12.3. The van der Waals surface area contributed by atoms with E-state index in [0.29, 0.717) is 5.02 Å². The van der Waals surface area contributed by atoms with Gasteiger partial charge >= 0.3 is 5.97 Å². The quantitative estimate of drug-likeness (QED) is 0.865. The lowest BCUT2D eigenvalue weighted by atomic mass is 9.91. The van der Waals surface area contributed by atoms with Gasteiger partial charge in [-0.05, 0) is 18.6 Å². The van der Waals surface area contributed by atoms with Gasteiger partial charge in [0.2, 0.25) is 0 Å². The van der Waals surface area contributed by atoms with Crippen LogP contribution in [-0.4, -0.2) is 16.2 Å². The lowest BCUT2D eigenvalue weighted by Gasteiger charge is -2.23. The van der Waals surface area contributed by atoms with Gasteiger partial charge < -0.3 is 10.2 Å². The second-order valence-electron chi connectivity index (χ2n) is 3.14. The Balaban J connectivity index is 3.30. The zero-order valence-corrected chi connectivity index (χ0v) is 9.51. The van der Waals surface area contributed by atoms with Crippen molar-refractivity contribution in [2.24, 2.45) is 0 Å². The zero-order valence-electron chi connectivity index (χ0n) is 8.00. The minimum atomic E-state index is -1.96. The van der Waals surface area contributed by atoms with Crippen LogP contribution in [0.1, 0.15) is 18.9 Å². The highest BCUT2D eigenvalue weighted by molar-refractivity contribution is 6.35. The molecule has 0 saturated carbocycles. The molecule has 0 bridgehead atoms. The third-order valence-corrected chi connectivity index (χ3v) is 2.79. The fourth-order valence-corrected chi connectivity index (χ4v) is 1.85. The van der Waals surface area contributed by atoms with E-state index in [1.807, 2.05) is 0 Å². The summed E-state index contributed by atoms with van der Waals surface area (Å²) in [6.07, 6.45) is 0.0314. The Hall–Kier alpha value is -0.770. The summed E-state index contributed by atoms with van der Waals surface area (Å²) in [6, 6.07) is 4.32. The van der Waals surface area contributed by atoms with Crippen molar-refractivity contribution in [3.63, 3.8) is 0 Å². The van der Waals surface area contributed by atoms with Crippen LogP contribution in [0, 0.1) is 0 Å². The summed E-state index contributed by atoms with van der Waals surface area (Å²) in [5, 5.41) is 19.4. The molecule has 0 heterocycles. The van der Waals surface area contributed by atoms with E-state index in [9.17, 15) is 9.90 Å². The molecular formula is C10H10Cl2O3. The number of hydrogen-bond donors (Lipinski definition) is 2. The van der Waals surface area contributed by atoms with Crippen molar-refractivity contribution in [2.45, 2.75) is 18.9 Å². The summed E-state index contributed by atoms with van der Waals surface area (Å²) >= 11 is 11.5. The first-order chi connectivity index (χ1) is 6.91. The Morgan fingerprint density at radius 2 is 2.07 bits per heavy atom. The van der Waals surface area contributed by atoms with E-state index < -0.39 is 11.6 Å². The van der Waals surface area contributed by atoms with Crippen molar-refractivity contribution in [1.29, 1.82) is 0 Å². The Morgan fingerprint density at radius 3 is 2.47 bits per heavy atom. The molecule has 1 aromatic rings. The number of carboxylic acid groups (broad SMARTS) is 1. The van der Waals surface area contributed by atoms with Crippen molar-refractivity contribution in [1.82, 2.24) is 0 Å². The van der Waals surface area contributed by atoms with Crippen LogP contribution < -0.4 is 0 Å². The molecule has 0 amide bonds. The first-order valence-electron chi connectivity index (χ1n) is 4.33. The molecule has 1 atom stereocenters. The molecule has 1 unspecified atom stereocenters. The molecular weight excluding hydrogens is 239 g/mol. The van der Waals surface area contributed by atoms with E-state index in [1.165, 1.54) is 18.2 Å². The van der Waals surface area contributed by atoms with Crippen LogP contribution in [-0.2, 0) is 10.4 Å². The van der Waals surface area contributed by atoms with E-state index in [2.05, 4.69) is 0 Å². The molecule has 0 aliphatic rings. The highest BCUT2D eigenvalue weighted by Gasteiger charge is 2.37. The SMILES string of the molecule is CCC(O)(C(=O)O)c1ccc(Cl)cc1Cl. The molecule has 15 heavy (non-hydrogen) atoms. The van der Waals surface area contributed by atoms with Crippen LogP contribution in [0.5, 0.6) is 0 Å². The largest absolute Gasteiger partial charge is 0.479 e. The predicted molar refractivity (Wildman–Crippen MR) is 58.3 cm³/mol. The van der Waals surface area contributed by atoms with E-state index in [1.54, 1.807) is 6.92 Å². The summed E-state index contributed by atoms with van der Waals surface area (Å²) < 4.78 is 0. The molecule has 0 aliphatic carbocycles. The summed E-state index contributed by atoms with van der Waals surface area (Å²) in [7, 11) is 0. The lowest BCUT2D eigenvalue weighted by molar-refractivity contribution is -0.160. The van der Waals surface area contributed by atoms with Crippen molar-refractivity contribution < 1.29 is 15.0 Å². The number of carboxylic acids is 1. The van der Waals surface area contributed by atoms with Crippen LogP contribution in [0.15, 0.2) is 18.2 Å². The van der Waals surface area contributed by atoms with E-state index in [4.69, 9.17) is 28.3 Å². The Kier molecular flexibility index (Phi) is 3.60. The fraction of sp³-hybridized carbons (Fsp3) is 0.300. The predicted octanol–water partition coefficient (Wildman–Crippen LogP) is 2.68. The number of aliphatic carboxylic acids is 1. The van der Waals surface area contributed by atoms with Crippen LogP contribution in [0.25, 0.3) is 0 Å². The number of benzene rings is 1. The van der Waals surface area contributed by atoms with Gasteiger partial charge in [-0.15, -0.1) is 0 Å². The van der Waals surface area contributed by atoms with Crippen molar-refractivity contribution in [2.75, 3.05) is 0 Å². The molecule has 82 valence electrons. The summed E-state index contributed by atoms with van der Waals surface area (Å²) in [5.74, 6) is -1.32. The van der Waals surface area contributed by atoms with Gasteiger partial charge in [0.05, 0.1) is 0 Å². The third kappa shape index (κ3) is 2.25. The average Bonchev–Trinajstić information content (AvgIpc) is 2.16. The Bertz CT molecular complexity index is 392. The number of carbonyl (C=O) groups is 1. The topological polar surface area (TPSA) is 57.5 Å². The van der Waals surface area contributed by atoms with Gasteiger partial charge in [-0.1, -0.05) is 36.2 Å². The number of hydrogen-bond acceptors (Lipinski definition) is 2. The molecule has 1 rings (SSSR count). The van der Waals surface area contributed by atoms with Gasteiger partial charge in [0.1, 0.15) is 0 Å². The second kappa shape index (κ2) is 4.39. The average molecular weight is 249 g/mol. The number of halogens is 2. The molecule has 5 heteroatoms. The maximum Gasteiger partial charge on any atom is 0.340 e. The molecule has 0 aliphatic heterocycles. The maximum absolute atomic E-state index is 10.9. The van der Waals surface area contributed by atoms with Gasteiger partial charge in [-0.25, -0.2) is 4.79 Å². The van der Waals surface area contributed by atoms with Crippen molar-refractivity contribution in [3.8, 4) is 0 Å². The van der Waals surface area contributed by atoms with Crippen LogP contribution in [0.3, 0.4) is 0 Å². The van der Waals surface area contributed by atoms with Crippen molar-refractivity contribution >= 4 is 29.2 Å². The van der Waals surface area contributed by atoms with Crippen molar-refractivity contribution in [3.05, 3.63) is 33.8 Å². The first-order valence-corrected chi connectivity index (χ1v) is 5.08. The maximum atomic E-state index is 10.9. The standard InChI is InChI=1S/C10H10Cl2O3/c1-2-10(15,9(13)14)7-4-3-6(11)5-8(7)12/h3-5,15H,2H2,1H3,(H,13,14). The van der Waals surface area contributed by atoms with Crippen LogP contribution >= 0.6 is 23.2 Å². The molecule has 1 aromatic carbocycles. The molecule has 0 spiro atoms. The molecule has 0 fully saturated rings. The molecule has 2 N–H and O–H groups in total. The smallest absolute Gasteiger partial charge is 0.340 e. The van der Waals surface area contributed by atoms with E-state index in [-0.39, 0.29) is 17.0 Å². The minimum absolute atomic E-state index is 0.0314. The number of rotatable bonds is 3. The second-order valence-corrected chi connectivity index (χ2v) is 3.99. The summed E-state index contributed by atoms with van der Waals surface area (Å²) in [5.41, 5.74) is -1.80. The number of aliphatic hydroxyl groups is 1. The van der Waals surface area contributed by atoms with Gasteiger partial charge in [0.25, 0.3) is 0 Å². The van der Waals surface area contributed by atoms with Gasteiger partial charge in [0.15, 0.2) is 5.60 Å². The normalized spacial score (nSPS) is 14.7. The summed E-state index contributed by atoms with van der Waals surface area (Å²) in [6.45, 7) is 1.57. The molecule has 0 saturated heterocycles. The highest BCUT2D eigenvalue weighted by Crippen LogP contribution is 2.32. The van der Waals surface area contributed by atoms with E-state index >= 15 is 0 Å². The summed E-state index contributed by atoms with van der Waals surface area (Å²) in [4.78, 5) is 10.9. The van der Waals surface area contributed by atoms with Crippen LogP contribution in [0.2, 0.25) is 10.0 Å². The van der Waals surface area contributed by atoms with E-state index in [0.717, 1.165) is 0 Å². The monoisotopic (exact) mass is 248 g/mol. The third-order valence-electron chi connectivity index (χ3n) is 2.24. The van der Waals surface area contributed by atoms with Gasteiger partial charge in [-0.2, -0.15) is 0 Å². The van der Waals surface area contributed by atoms with Gasteiger partial charge in [0, 0.05) is 15.6 Å². The minimum Gasteiger partial charge on any atom is -0.479 e. The van der Waals surface area contributed by atoms with Gasteiger partial charge in [-0.3, -0.25) is 0 Å².